The van der Waals surface area contributed by atoms with Crippen molar-refractivity contribution in [2.75, 3.05) is 6.61 Å². The van der Waals surface area contributed by atoms with E-state index in [9.17, 15) is 9.59 Å². The summed E-state index contributed by atoms with van der Waals surface area (Å²) in [5.74, 6) is -0.454. The van der Waals surface area contributed by atoms with Gasteiger partial charge in [0, 0.05) is 11.6 Å². The summed E-state index contributed by atoms with van der Waals surface area (Å²) in [7, 11) is -1.76. The molecule has 0 saturated carbocycles. The number of Topliss-reactive ketones (excluding diaryl/α,β-unsaturated/α-hetero) is 1. The molecule has 1 aromatic rings. The third kappa shape index (κ3) is 3.05. The molecule has 0 heterocycles. The van der Waals surface area contributed by atoms with Crippen molar-refractivity contribution >= 4 is 25.4 Å². The van der Waals surface area contributed by atoms with E-state index in [1.54, 1.807) is 6.92 Å². The summed E-state index contributed by atoms with van der Waals surface area (Å²) in [5.41, 5.74) is 2.40. The molecule has 0 bridgehead atoms. The molecule has 1 aromatic carbocycles. The second-order valence-electron chi connectivity index (χ2n) is 6.01. The standard InChI is InChI=1S/C17H20O3Si/c1-5-20-14(18)11-13-15(12-9-7-6-8-10-12)17(16(13)19)21(2,3)4/h6-11H,5H2,1-4H3/b13-11-. The lowest BCUT2D eigenvalue weighted by Gasteiger charge is -2.33. The lowest BCUT2D eigenvalue weighted by atomic mass is 9.84. The first kappa shape index (κ1) is 15.4. The Balaban J connectivity index is 2.53. The van der Waals surface area contributed by atoms with Crippen molar-refractivity contribution in [1.29, 1.82) is 0 Å². The summed E-state index contributed by atoms with van der Waals surface area (Å²) >= 11 is 0. The molecule has 0 spiro atoms. The van der Waals surface area contributed by atoms with Crippen LogP contribution < -0.4 is 0 Å². The molecule has 0 aromatic heterocycles. The summed E-state index contributed by atoms with van der Waals surface area (Å²) in [5, 5.41) is 0.907. The average Bonchev–Trinajstić information content (AvgIpc) is 2.41. The SMILES string of the molecule is CCOC(=O)/C=C1\C(=O)C([Si](C)(C)C)=C1c1ccccc1. The van der Waals surface area contributed by atoms with Gasteiger partial charge in [0.25, 0.3) is 0 Å². The maximum atomic E-state index is 12.4. The number of benzene rings is 1. The number of hydrogen-bond acceptors (Lipinski definition) is 3. The minimum Gasteiger partial charge on any atom is -0.463 e. The van der Waals surface area contributed by atoms with Crippen LogP contribution in [-0.4, -0.2) is 26.4 Å². The molecular weight excluding hydrogens is 280 g/mol. The molecule has 3 nitrogen and oxygen atoms in total. The highest BCUT2D eigenvalue weighted by Gasteiger charge is 2.41. The van der Waals surface area contributed by atoms with E-state index in [4.69, 9.17) is 4.74 Å². The Morgan fingerprint density at radius 2 is 1.81 bits per heavy atom. The Morgan fingerprint density at radius 3 is 2.33 bits per heavy atom. The van der Waals surface area contributed by atoms with Gasteiger partial charge in [-0.3, -0.25) is 4.79 Å². The van der Waals surface area contributed by atoms with Crippen molar-refractivity contribution in [3.63, 3.8) is 0 Å². The van der Waals surface area contributed by atoms with Crippen molar-refractivity contribution in [1.82, 2.24) is 0 Å². The van der Waals surface area contributed by atoms with E-state index in [-0.39, 0.29) is 5.78 Å². The van der Waals surface area contributed by atoms with Gasteiger partial charge in [0.05, 0.1) is 14.7 Å². The van der Waals surface area contributed by atoms with Crippen molar-refractivity contribution in [3.05, 3.63) is 52.7 Å². The smallest absolute Gasteiger partial charge is 0.331 e. The molecule has 0 radical (unpaired) electrons. The topological polar surface area (TPSA) is 43.4 Å². The van der Waals surface area contributed by atoms with Crippen LogP contribution in [0.5, 0.6) is 0 Å². The van der Waals surface area contributed by atoms with E-state index >= 15 is 0 Å². The molecule has 0 aliphatic heterocycles. The lowest BCUT2D eigenvalue weighted by Crippen LogP contribution is -2.38. The van der Waals surface area contributed by atoms with Crippen LogP contribution in [0.25, 0.3) is 5.57 Å². The largest absolute Gasteiger partial charge is 0.463 e. The summed E-state index contributed by atoms with van der Waals surface area (Å²) in [4.78, 5) is 24.1. The molecule has 1 aliphatic rings. The Hall–Kier alpha value is -1.94. The number of hydrogen-bond donors (Lipinski definition) is 0. The quantitative estimate of drug-likeness (QED) is 0.486. The zero-order chi connectivity index (χ0) is 15.6. The zero-order valence-electron chi connectivity index (χ0n) is 12.9. The fraction of sp³-hybridized carbons (Fsp3) is 0.294. The Morgan fingerprint density at radius 1 is 1.19 bits per heavy atom. The molecule has 4 heteroatoms. The van der Waals surface area contributed by atoms with Gasteiger partial charge in [0.15, 0.2) is 5.78 Å². The van der Waals surface area contributed by atoms with Crippen molar-refractivity contribution < 1.29 is 14.3 Å². The number of ether oxygens (including phenoxy) is 1. The van der Waals surface area contributed by atoms with Crippen LogP contribution in [0.15, 0.2) is 47.2 Å². The highest BCUT2D eigenvalue weighted by Crippen LogP contribution is 2.42. The molecule has 21 heavy (non-hydrogen) atoms. The fourth-order valence-electron chi connectivity index (χ4n) is 2.49. The van der Waals surface area contributed by atoms with Crippen LogP contribution in [-0.2, 0) is 14.3 Å². The highest BCUT2D eigenvalue weighted by molar-refractivity contribution is 6.91. The molecule has 0 fully saturated rings. The molecule has 110 valence electrons. The van der Waals surface area contributed by atoms with E-state index in [1.807, 2.05) is 30.3 Å². The van der Waals surface area contributed by atoms with Gasteiger partial charge in [-0.1, -0.05) is 50.0 Å². The van der Waals surface area contributed by atoms with Gasteiger partial charge >= 0.3 is 5.97 Å². The summed E-state index contributed by atoms with van der Waals surface area (Å²) < 4.78 is 4.92. The summed E-state index contributed by atoms with van der Waals surface area (Å²) in [6.45, 7) is 8.49. The minimum atomic E-state index is -1.76. The first-order valence-corrected chi connectivity index (χ1v) is 10.6. The third-order valence-corrected chi connectivity index (χ3v) is 5.33. The number of ketones is 1. The Bertz CT molecular complexity index is 634. The highest BCUT2D eigenvalue weighted by atomic mass is 28.3. The van der Waals surface area contributed by atoms with Gasteiger partial charge in [-0.2, -0.15) is 0 Å². The molecular formula is C17H20O3Si. The predicted octanol–water partition coefficient (Wildman–Crippen LogP) is 3.39. The van der Waals surface area contributed by atoms with Crippen LogP contribution in [0.2, 0.25) is 19.6 Å². The van der Waals surface area contributed by atoms with Crippen LogP contribution in [0.4, 0.5) is 0 Å². The van der Waals surface area contributed by atoms with Gasteiger partial charge in [-0.05, 0) is 23.3 Å². The minimum absolute atomic E-state index is 0.000993. The second-order valence-corrected chi connectivity index (χ2v) is 11.0. The van der Waals surface area contributed by atoms with E-state index in [1.165, 1.54) is 6.08 Å². The second kappa shape index (κ2) is 5.82. The van der Waals surface area contributed by atoms with Gasteiger partial charge < -0.3 is 4.74 Å². The zero-order valence-corrected chi connectivity index (χ0v) is 13.9. The summed E-state index contributed by atoms with van der Waals surface area (Å²) in [6.07, 6.45) is 1.33. The van der Waals surface area contributed by atoms with Gasteiger partial charge in [-0.25, -0.2) is 4.79 Å². The van der Waals surface area contributed by atoms with Gasteiger partial charge in [0.2, 0.25) is 0 Å². The van der Waals surface area contributed by atoms with E-state index in [0.29, 0.717) is 12.2 Å². The normalized spacial score (nSPS) is 17.0. The van der Waals surface area contributed by atoms with Crippen LogP contribution in [0.1, 0.15) is 12.5 Å². The maximum absolute atomic E-state index is 12.4. The Labute approximate surface area is 126 Å². The maximum Gasteiger partial charge on any atom is 0.331 e. The number of esters is 1. The number of rotatable bonds is 4. The monoisotopic (exact) mass is 300 g/mol. The molecule has 0 N–H and O–H groups in total. The number of carbonyl (C=O) groups is 2. The lowest BCUT2D eigenvalue weighted by molar-refractivity contribution is -0.137. The van der Waals surface area contributed by atoms with Crippen molar-refractivity contribution in [2.24, 2.45) is 0 Å². The van der Waals surface area contributed by atoms with Crippen LogP contribution >= 0.6 is 0 Å². The molecule has 0 unspecified atom stereocenters. The number of allylic oxidation sites excluding steroid dienone is 3. The first-order valence-electron chi connectivity index (χ1n) is 7.10. The van der Waals surface area contributed by atoms with Crippen LogP contribution in [0.3, 0.4) is 0 Å². The molecule has 1 aliphatic carbocycles. The Kier molecular flexibility index (Phi) is 4.28. The van der Waals surface area contributed by atoms with Crippen molar-refractivity contribution in [3.8, 4) is 0 Å². The average molecular weight is 300 g/mol. The van der Waals surface area contributed by atoms with E-state index < -0.39 is 14.0 Å². The van der Waals surface area contributed by atoms with E-state index in [0.717, 1.165) is 16.3 Å². The van der Waals surface area contributed by atoms with Crippen molar-refractivity contribution in [2.45, 2.75) is 26.6 Å². The van der Waals surface area contributed by atoms with Gasteiger partial charge in [-0.15, -0.1) is 0 Å². The first-order chi connectivity index (χ1) is 9.86. The summed E-state index contributed by atoms with van der Waals surface area (Å²) in [6, 6.07) is 9.76. The molecule has 0 saturated heterocycles. The number of carbonyl (C=O) groups excluding carboxylic acids is 2. The molecule has 0 atom stereocenters. The predicted molar refractivity (Wildman–Crippen MR) is 86.4 cm³/mol. The third-order valence-electron chi connectivity index (χ3n) is 3.35. The molecule has 0 amide bonds. The fourth-order valence-corrected chi connectivity index (χ4v) is 4.34. The van der Waals surface area contributed by atoms with E-state index in [2.05, 4.69) is 19.6 Å². The molecule has 2 rings (SSSR count). The van der Waals surface area contributed by atoms with Gasteiger partial charge in [0.1, 0.15) is 0 Å². The van der Waals surface area contributed by atoms with Crippen LogP contribution in [0, 0.1) is 0 Å².